The average Bonchev–Trinajstić information content (AvgIpc) is 0. The molecule has 0 aromatic heterocycles. The van der Waals surface area contributed by atoms with Crippen LogP contribution in [0, 0.1) is 7.43 Å². The predicted octanol–water partition coefficient (Wildman–Crippen LogP) is 0.440. The molecule has 0 spiro atoms. The Bertz CT molecular complexity index is 11.6. The SMILES string of the molecule is [CH3-].[Cu].[Fe].[Mo].[Ni]. The monoisotopic (exact) mass is 290 g/mol. The van der Waals surface area contributed by atoms with E-state index in [1.807, 2.05) is 0 Å². The van der Waals surface area contributed by atoms with Gasteiger partial charge < -0.3 is 7.43 Å². The van der Waals surface area contributed by atoms with E-state index in [0.717, 1.165) is 0 Å². The van der Waals surface area contributed by atoms with Crippen molar-refractivity contribution in [3.8, 4) is 0 Å². The van der Waals surface area contributed by atoms with E-state index in [1.54, 1.807) is 0 Å². The summed E-state index contributed by atoms with van der Waals surface area (Å²) in [6.45, 7) is 0. The molecule has 0 aliphatic carbocycles. The summed E-state index contributed by atoms with van der Waals surface area (Å²) in [4.78, 5) is 0. The van der Waals surface area contributed by atoms with Gasteiger partial charge >= 0.3 is 0 Å². The van der Waals surface area contributed by atoms with Crippen LogP contribution in [0.5, 0.6) is 0 Å². The molecule has 0 atom stereocenters. The smallest absolute Gasteiger partial charge is 0 e. The van der Waals surface area contributed by atoms with Gasteiger partial charge in [0.05, 0.1) is 0 Å². The molecule has 0 bridgehead atoms. The van der Waals surface area contributed by atoms with Crippen molar-refractivity contribution < 1.29 is 71.7 Å². The fourth-order valence-corrected chi connectivity index (χ4v) is 0. The van der Waals surface area contributed by atoms with Crippen molar-refractivity contribution in [3.05, 3.63) is 7.43 Å². The summed E-state index contributed by atoms with van der Waals surface area (Å²) in [6.07, 6.45) is 0. The van der Waals surface area contributed by atoms with Gasteiger partial charge in [0.2, 0.25) is 0 Å². The van der Waals surface area contributed by atoms with Crippen LogP contribution in [0.25, 0.3) is 0 Å². The Morgan fingerprint density at radius 3 is 1.00 bits per heavy atom. The largest absolute Gasteiger partial charge is 0.358 e. The second kappa shape index (κ2) is 34.4. The number of hydrogen-bond donors (Lipinski definition) is 0. The van der Waals surface area contributed by atoms with Crippen molar-refractivity contribution in [2.45, 2.75) is 0 Å². The minimum Gasteiger partial charge on any atom is -0.358 e. The number of hydrogen-bond acceptors (Lipinski definition) is 0. The van der Waals surface area contributed by atoms with Crippen LogP contribution in [0.4, 0.5) is 0 Å². The van der Waals surface area contributed by atoms with Crippen LogP contribution < -0.4 is 0 Å². The molecule has 0 heterocycles. The van der Waals surface area contributed by atoms with Gasteiger partial charge in [-0.3, -0.25) is 0 Å². The van der Waals surface area contributed by atoms with Gasteiger partial charge in [0.15, 0.2) is 0 Å². The fourth-order valence-electron chi connectivity index (χ4n) is 0. The van der Waals surface area contributed by atoms with E-state index in [9.17, 15) is 0 Å². The molecular weight excluding hydrogens is 286 g/mol. The molecule has 0 N–H and O–H groups in total. The molecular formula is CH3CuFeMoNi-. The van der Waals surface area contributed by atoms with Crippen LogP contribution in [-0.4, -0.2) is 0 Å². The van der Waals surface area contributed by atoms with Crippen LogP contribution in [0.1, 0.15) is 0 Å². The predicted molar refractivity (Wildman–Crippen MR) is 6.41 cm³/mol. The van der Waals surface area contributed by atoms with Gasteiger partial charge in [-0.25, -0.2) is 0 Å². The summed E-state index contributed by atoms with van der Waals surface area (Å²) < 4.78 is 0. The number of rotatable bonds is 0. The Hall–Kier alpha value is 2.22. The summed E-state index contributed by atoms with van der Waals surface area (Å²) in [5, 5.41) is 0. The first-order valence-electron chi connectivity index (χ1n) is 0. The maximum absolute atomic E-state index is 0. The normalized spacial score (nSPS) is 0. The molecule has 5 heavy (non-hydrogen) atoms. The van der Waals surface area contributed by atoms with Gasteiger partial charge in [0.1, 0.15) is 0 Å². The van der Waals surface area contributed by atoms with Crippen LogP contribution in [0.3, 0.4) is 0 Å². The molecule has 0 aromatic carbocycles. The van der Waals surface area contributed by atoms with E-state index in [-0.39, 0.29) is 79.1 Å². The standard InChI is InChI=1S/CH3.Cu.Fe.Mo.Ni/h1H3;;;;/q-1;;;;. The first-order chi connectivity index (χ1) is 0. The van der Waals surface area contributed by atoms with Gasteiger partial charge in [0.25, 0.3) is 0 Å². The third kappa shape index (κ3) is 22.5. The van der Waals surface area contributed by atoms with Crippen molar-refractivity contribution in [2.75, 3.05) is 0 Å². The van der Waals surface area contributed by atoms with Gasteiger partial charge in [0, 0.05) is 71.7 Å². The zero-order valence-corrected chi connectivity index (χ0v) is 7.42. The van der Waals surface area contributed by atoms with E-state index in [2.05, 4.69) is 0 Å². The third-order valence-electron chi connectivity index (χ3n) is 0. The van der Waals surface area contributed by atoms with Gasteiger partial charge in [-0.05, 0) is 0 Å². The molecule has 0 aromatic rings. The molecule has 0 saturated heterocycles. The van der Waals surface area contributed by atoms with E-state index >= 15 is 0 Å². The molecule has 0 fully saturated rings. The summed E-state index contributed by atoms with van der Waals surface area (Å²) in [6, 6.07) is 0. The van der Waals surface area contributed by atoms with Crippen molar-refractivity contribution in [3.63, 3.8) is 0 Å². The first-order valence-corrected chi connectivity index (χ1v) is 0. The van der Waals surface area contributed by atoms with E-state index in [1.165, 1.54) is 0 Å². The second-order valence-corrected chi connectivity index (χ2v) is 0. The van der Waals surface area contributed by atoms with Crippen molar-refractivity contribution in [2.24, 2.45) is 0 Å². The van der Waals surface area contributed by atoms with Gasteiger partial charge in [-0.1, -0.05) is 0 Å². The molecule has 1 radical (unpaired) electrons. The van der Waals surface area contributed by atoms with Crippen molar-refractivity contribution >= 4 is 0 Å². The van der Waals surface area contributed by atoms with Crippen LogP contribution in [0.15, 0.2) is 0 Å². The minimum atomic E-state index is 0. The van der Waals surface area contributed by atoms with Crippen LogP contribution in [0.2, 0.25) is 0 Å². The molecule has 0 unspecified atom stereocenters. The third-order valence-corrected chi connectivity index (χ3v) is 0. The zero-order valence-electron chi connectivity index (χ0n) is 2.38. The summed E-state index contributed by atoms with van der Waals surface area (Å²) in [5.74, 6) is 0. The molecule has 0 nitrogen and oxygen atoms in total. The van der Waals surface area contributed by atoms with E-state index in [4.69, 9.17) is 0 Å². The molecule has 43 valence electrons. The summed E-state index contributed by atoms with van der Waals surface area (Å²) in [7, 11) is 0. The Morgan fingerprint density at radius 2 is 1.00 bits per heavy atom. The Balaban J connectivity index is 0. The quantitative estimate of drug-likeness (QED) is 0.448. The molecule has 0 amide bonds. The average molecular weight is 289 g/mol. The Labute approximate surface area is 78.4 Å². The van der Waals surface area contributed by atoms with Crippen molar-refractivity contribution in [1.29, 1.82) is 0 Å². The Morgan fingerprint density at radius 1 is 1.00 bits per heavy atom. The van der Waals surface area contributed by atoms with E-state index in [0.29, 0.717) is 0 Å². The molecule has 4 heteroatoms. The Kier molecular flexibility index (Phi) is 390. The van der Waals surface area contributed by atoms with Crippen molar-refractivity contribution in [1.82, 2.24) is 0 Å². The minimum absolute atomic E-state index is 0. The topological polar surface area (TPSA) is 0 Å². The fraction of sp³-hybridized carbons (Fsp3) is 0. The second-order valence-electron chi connectivity index (χ2n) is 0. The maximum Gasteiger partial charge on any atom is 0 e. The first kappa shape index (κ1) is 56.7. The van der Waals surface area contributed by atoms with Gasteiger partial charge in [-0.2, -0.15) is 0 Å². The van der Waals surface area contributed by atoms with Crippen LogP contribution >= 0.6 is 0 Å². The summed E-state index contributed by atoms with van der Waals surface area (Å²) >= 11 is 0. The van der Waals surface area contributed by atoms with E-state index < -0.39 is 0 Å². The van der Waals surface area contributed by atoms with Crippen LogP contribution in [-0.2, 0) is 71.7 Å². The summed E-state index contributed by atoms with van der Waals surface area (Å²) in [5.41, 5.74) is 0. The molecule has 0 aliphatic rings. The zero-order chi connectivity index (χ0) is 0. The molecule has 0 saturated carbocycles. The molecule has 0 aliphatic heterocycles. The maximum atomic E-state index is 0. The van der Waals surface area contributed by atoms with Gasteiger partial charge in [-0.15, -0.1) is 0 Å². The molecule has 0 rings (SSSR count).